The Hall–Kier alpha value is -2.41. The molecule has 19 heavy (non-hydrogen) atoms. The monoisotopic (exact) mass is 277 g/mol. The van der Waals surface area contributed by atoms with Gasteiger partial charge in [-0.25, -0.2) is 9.78 Å². The first-order valence-electron chi connectivity index (χ1n) is 5.29. The van der Waals surface area contributed by atoms with Crippen LogP contribution in [0.4, 0.5) is 11.4 Å². The van der Waals surface area contributed by atoms with E-state index in [2.05, 4.69) is 4.98 Å². The van der Waals surface area contributed by atoms with E-state index in [4.69, 9.17) is 10.8 Å². The molecule has 0 atom stereocenters. The van der Waals surface area contributed by atoms with E-state index in [9.17, 15) is 9.59 Å². The minimum Gasteiger partial charge on any atom is -0.478 e. The molecule has 3 N–H and O–H groups in total. The number of nitrogens with two attached hydrogens (primary N) is 1. The molecule has 1 amide bonds. The van der Waals surface area contributed by atoms with Gasteiger partial charge in [-0.05, 0) is 18.2 Å². The molecule has 2 rings (SSSR count). The van der Waals surface area contributed by atoms with Crippen molar-refractivity contribution < 1.29 is 14.7 Å². The Balaban J connectivity index is 2.41. The number of nitrogens with zero attached hydrogens (tertiary/aromatic N) is 2. The number of amides is 1. The average molecular weight is 277 g/mol. The van der Waals surface area contributed by atoms with E-state index < -0.39 is 5.97 Å². The minimum absolute atomic E-state index is 0.0221. The van der Waals surface area contributed by atoms with Crippen LogP contribution in [0.2, 0.25) is 0 Å². The second-order valence-electron chi connectivity index (χ2n) is 3.82. The van der Waals surface area contributed by atoms with Crippen LogP contribution in [0.25, 0.3) is 0 Å². The zero-order valence-corrected chi connectivity index (χ0v) is 10.8. The summed E-state index contributed by atoms with van der Waals surface area (Å²) in [4.78, 5) is 28.5. The van der Waals surface area contributed by atoms with Gasteiger partial charge in [0.2, 0.25) is 0 Å². The lowest BCUT2D eigenvalue weighted by molar-refractivity contribution is 0.0698. The van der Waals surface area contributed by atoms with Crippen LogP contribution in [-0.4, -0.2) is 29.0 Å². The van der Waals surface area contributed by atoms with E-state index in [0.717, 1.165) is 0 Å². The Kier molecular flexibility index (Phi) is 3.48. The minimum atomic E-state index is -1.14. The van der Waals surface area contributed by atoms with Gasteiger partial charge in [0.05, 0.1) is 16.8 Å². The van der Waals surface area contributed by atoms with Crippen molar-refractivity contribution in [3.63, 3.8) is 0 Å². The second kappa shape index (κ2) is 5.07. The second-order valence-corrected chi connectivity index (χ2v) is 4.54. The Morgan fingerprint density at radius 1 is 1.42 bits per heavy atom. The molecule has 0 aliphatic rings. The van der Waals surface area contributed by atoms with Gasteiger partial charge in [-0.1, -0.05) is 0 Å². The number of carboxylic acid groups (broad SMARTS) is 1. The quantitative estimate of drug-likeness (QED) is 0.832. The van der Waals surface area contributed by atoms with Crippen molar-refractivity contribution in [2.75, 3.05) is 17.7 Å². The third kappa shape index (κ3) is 2.55. The lowest BCUT2D eigenvalue weighted by Crippen LogP contribution is -2.28. The molecule has 0 aliphatic heterocycles. The number of anilines is 2. The molecule has 0 unspecified atom stereocenters. The molecule has 6 nitrogen and oxygen atoms in total. The third-order valence-corrected chi connectivity index (χ3v) is 3.15. The molecule has 0 radical (unpaired) electrons. The van der Waals surface area contributed by atoms with Gasteiger partial charge in [-0.15, -0.1) is 11.3 Å². The Bertz CT molecular complexity index is 625. The largest absolute Gasteiger partial charge is 0.478 e. The van der Waals surface area contributed by atoms with Gasteiger partial charge in [0.1, 0.15) is 5.69 Å². The molecular formula is C12H11N3O3S. The molecular weight excluding hydrogens is 266 g/mol. The third-order valence-electron chi connectivity index (χ3n) is 2.57. The van der Waals surface area contributed by atoms with Crippen molar-refractivity contribution in [3.8, 4) is 0 Å². The Labute approximate surface area is 113 Å². The van der Waals surface area contributed by atoms with Gasteiger partial charge in [0.25, 0.3) is 5.91 Å². The summed E-state index contributed by atoms with van der Waals surface area (Å²) in [6.07, 6.45) is 0. The summed E-state index contributed by atoms with van der Waals surface area (Å²) in [5, 5.41) is 10.8. The fourth-order valence-corrected chi connectivity index (χ4v) is 2.14. The highest BCUT2D eigenvalue weighted by molar-refractivity contribution is 7.07. The summed E-state index contributed by atoms with van der Waals surface area (Å²) in [6, 6.07) is 4.37. The summed E-state index contributed by atoms with van der Waals surface area (Å²) in [5.74, 6) is -1.51. The molecule has 0 aliphatic carbocycles. The van der Waals surface area contributed by atoms with E-state index >= 15 is 0 Å². The number of carboxylic acids is 1. The Morgan fingerprint density at radius 3 is 2.74 bits per heavy atom. The molecule has 1 aromatic carbocycles. The number of aromatic carboxylic acids is 1. The molecule has 7 heteroatoms. The number of rotatable bonds is 3. The number of thiazole rings is 1. The number of carbonyl (C=O) groups is 2. The number of hydrogen-bond acceptors (Lipinski definition) is 5. The molecule has 98 valence electrons. The number of hydrogen-bond donors (Lipinski definition) is 2. The summed E-state index contributed by atoms with van der Waals surface area (Å²) >= 11 is 1.30. The fourth-order valence-electron chi connectivity index (χ4n) is 1.62. The highest BCUT2D eigenvalue weighted by atomic mass is 32.1. The van der Waals surface area contributed by atoms with E-state index in [1.165, 1.54) is 35.4 Å². The van der Waals surface area contributed by atoms with E-state index in [0.29, 0.717) is 5.69 Å². The van der Waals surface area contributed by atoms with Crippen molar-refractivity contribution in [1.29, 1.82) is 0 Å². The van der Waals surface area contributed by atoms with Crippen LogP contribution in [0, 0.1) is 0 Å². The van der Waals surface area contributed by atoms with E-state index in [-0.39, 0.29) is 22.9 Å². The maximum absolute atomic E-state index is 12.1. The molecule has 0 fully saturated rings. The number of nitrogen functional groups attached to an aromatic ring is 1. The number of benzene rings is 1. The molecule has 0 saturated heterocycles. The first-order chi connectivity index (χ1) is 9.00. The summed E-state index contributed by atoms with van der Waals surface area (Å²) < 4.78 is 0. The highest BCUT2D eigenvalue weighted by Gasteiger charge is 2.20. The number of aromatic nitrogens is 1. The average Bonchev–Trinajstić information content (AvgIpc) is 2.90. The maximum atomic E-state index is 12.1. The smallest absolute Gasteiger partial charge is 0.337 e. The fraction of sp³-hybridized carbons (Fsp3) is 0.0833. The van der Waals surface area contributed by atoms with Crippen molar-refractivity contribution in [2.45, 2.75) is 0 Å². The number of carbonyl (C=O) groups excluding carboxylic acids is 1. The normalized spacial score (nSPS) is 10.2. The van der Waals surface area contributed by atoms with Crippen molar-refractivity contribution in [1.82, 2.24) is 4.98 Å². The van der Waals surface area contributed by atoms with Crippen LogP contribution in [-0.2, 0) is 0 Å². The van der Waals surface area contributed by atoms with Gasteiger partial charge in [0.15, 0.2) is 0 Å². The van der Waals surface area contributed by atoms with Crippen LogP contribution < -0.4 is 10.6 Å². The molecule has 0 bridgehead atoms. The maximum Gasteiger partial charge on any atom is 0.337 e. The first kappa shape index (κ1) is 13.0. The summed E-state index contributed by atoms with van der Waals surface area (Å²) in [5.41, 5.74) is 7.97. The molecule has 0 spiro atoms. The van der Waals surface area contributed by atoms with Crippen molar-refractivity contribution >= 4 is 34.6 Å². The molecule has 1 aromatic heterocycles. The highest BCUT2D eigenvalue weighted by Crippen LogP contribution is 2.23. The van der Waals surface area contributed by atoms with Crippen molar-refractivity contribution in [2.24, 2.45) is 0 Å². The van der Waals surface area contributed by atoms with Gasteiger partial charge >= 0.3 is 5.97 Å². The van der Waals surface area contributed by atoms with Gasteiger partial charge in [0, 0.05) is 18.1 Å². The van der Waals surface area contributed by atoms with Gasteiger partial charge in [-0.3, -0.25) is 4.79 Å². The van der Waals surface area contributed by atoms with Crippen LogP contribution in [0.3, 0.4) is 0 Å². The zero-order valence-electron chi connectivity index (χ0n) is 10.0. The van der Waals surface area contributed by atoms with E-state index in [1.54, 1.807) is 17.0 Å². The van der Waals surface area contributed by atoms with Gasteiger partial charge in [-0.2, -0.15) is 0 Å². The van der Waals surface area contributed by atoms with Crippen LogP contribution in [0.1, 0.15) is 20.8 Å². The predicted molar refractivity (Wildman–Crippen MR) is 72.7 cm³/mol. The van der Waals surface area contributed by atoms with Crippen LogP contribution >= 0.6 is 11.3 Å². The summed E-state index contributed by atoms with van der Waals surface area (Å²) in [7, 11) is 1.50. The van der Waals surface area contributed by atoms with Crippen LogP contribution in [0.5, 0.6) is 0 Å². The SMILES string of the molecule is CN(C(=O)c1cscn1)c1ccc(N)cc1C(=O)O. The molecule has 0 saturated carbocycles. The first-order valence-corrected chi connectivity index (χ1v) is 6.24. The Morgan fingerprint density at radius 2 is 2.16 bits per heavy atom. The van der Waals surface area contributed by atoms with Crippen molar-refractivity contribution in [3.05, 3.63) is 40.3 Å². The lowest BCUT2D eigenvalue weighted by Gasteiger charge is -2.18. The van der Waals surface area contributed by atoms with Gasteiger partial charge < -0.3 is 15.7 Å². The van der Waals surface area contributed by atoms with E-state index in [1.807, 2.05) is 0 Å². The lowest BCUT2D eigenvalue weighted by atomic mass is 10.1. The molecule has 2 aromatic rings. The zero-order chi connectivity index (χ0) is 14.0. The standard InChI is InChI=1S/C12H11N3O3S/c1-15(11(16)9-5-19-6-14-9)10-3-2-7(13)4-8(10)12(17)18/h2-6H,13H2,1H3,(H,17,18). The molecule has 1 heterocycles. The van der Waals surface area contributed by atoms with Crippen LogP contribution in [0.15, 0.2) is 29.1 Å². The predicted octanol–water partition coefficient (Wildman–Crippen LogP) is 1.70. The summed E-state index contributed by atoms with van der Waals surface area (Å²) in [6.45, 7) is 0. The topological polar surface area (TPSA) is 96.5 Å².